The van der Waals surface area contributed by atoms with Crippen molar-refractivity contribution in [3.63, 3.8) is 0 Å². The van der Waals surface area contributed by atoms with Gasteiger partial charge < -0.3 is 5.32 Å². The zero-order valence-corrected chi connectivity index (χ0v) is 15.9. The van der Waals surface area contributed by atoms with Gasteiger partial charge in [0.15, 0.2) is 0 Å². The van der Waals surface area contributed by atoms with E-state index in [1.807, 2.05) is 0 Å². The summed E-state index contributed by atoms with van der Waals surface area (Å²) >= 11 is 0. The molecular weight excluding hydrogens is 419 g/mol. The number of halogens is 5. The lowest BCUT2D eigenvalue weighted by atomic mass is 9.90. The summed E-state index contributed by atoms with van der Waals surface area (Å²) in [6.45, 7) is 0. The molecule has 1 atom stereocenters. The number of carbonyl (C=O) groups excluding carboxylic acids is 1. The molecule has 1 amide bonds. The lowest BCUT2D eigenvalue weighted by Gasteiger charge is -2.25. The number of nitrogens with one attached hydrogen (secondary N) is 1. The molecule has 0 fully saturated rings. The molecule has 2 heterocycles. The molecular formula is C21H15F5N4O. The van der Waals surface area contributed by atoms with E-state index in [0.29, 0.717) is 36.6 Å². The van der Waals surface area contributed by atoms with Gasteiger partial charge in [0.1, 0.15) is 17.3 Å². The van der Waals surface area contributed by atoms with Crippen molar-refractivity contribution in [3.05, 3.63) is 76.7 Å². The predicted molar refractivity (Wildman–Crippen MR) is 99.8 cm³/mol. The van der Waals surface area contributed by atoms with Gasteiger partial charge in [0, 0.05) is 23.4 Å². The summed E-state index contributed by atoms with van der Waals surface area (Å²) in [5.41, 5.74) is 0.367. The van der Waals surface area contributed by atoms with Crippen LogP contribution in [-0.4, -0.2) is 21.1 Å². The number of fused-ring (bicyclic) bond motifs is 1. The van der Waals surface area contributed by atoms with Gasteiger partial charge in [0.05, 0.1) is 17.4 Å². The van der Waals surface area contributed by atoms with Crippen LogP contribution >= 0.6 is 0 Å². The molecule has 1 aliphatic carbocycles. The molecule has 1 unspecified atom stereocenters. The average Bonchev–Trinajstić information content (AvgIpc) is 2.72. The van der Waals surface area contributed by atoms with Crippen LogP contribution in [0.5, 0.6) is 0 Å². The summed E-state index contributed by atoms with van der Waals surface area (Å²) in [4.78, 5) is 15.9. The Kier molecular flexibility index (Phi) is 5.38. The van der Waals surface area contributed by atoms with Crippen LogP contribution in [0.15, 0.2) is 42.6 Å². The Balaban J connectivity index is 1.65. The van der Waals surface area contributed by atoms with Crippen LogP contribution in [0.4, 0.5) is 22.0 Å². The summed E-state index contributed by atoms with van der Waals surface area (Å²) in [5, 5.41) is 10.9. The maximum atomic E-state index is 13.4. The van der Waals surface area contributed by atoms with Gasteiger partial charge in [-0.25, -0.2) is 8.78 Å². The van der Waals surface area contributed by atoms with Crippen molar-refractivity contribution in [1.29, 1.82) is 0 Å². The second-order valence-corrected chi connectivity index (χ2v) is 7.14. The fourth-order valence-corrected chi connectivity index (χ4v) is 3.52. The third kappa shape index (κ3) is 4.52. The number of nitrogens with zero attached hydrogens (tertiary/aromatic N) is 3. The summed E-state index contributed by atoms with van der Waals surface area (Å²) in [6.07, 6.45) is -1.75. The highest BCUT2D eigenvalue weighted by Crippen LogP contribution is 2.33. The van der Waals surface area contributed by atoms with Gasteiger partial charge in [-0.1, -0.05) is 0 Å². The first-order valence-corrected chi connectivity index (χ1v) is 9.38. The number of aromatic nitrogens is 3. The van der Waals surface area contributed by atoms with E-state index in [4.69, 9.17) is 0 Å². The second-order valence-electron chi connectivity index (χ2n) is 7.14. The van der Waals surface area contributed by atoms with Crippen molar-refractivity contribution >= 4 is 5.91 Å². The fraction of sp³-hybridized carbons (Fsp3) is 0.238. The maximum absolute atomic E-state index is 13.4. The predicted octanol–water partition coefficient (Wildman–Crippen LogP) is 4.64. The van der Waals surface area contributed by atoms with E-state index in [2.05, 4.69) is 20.5 Å². The number of pyridine rings is 1. The van der Waals surface area contributed by atoms with Gasteiger partial charge in [-0.2, -0.15) is 23.4 Å². The molecule has 0 spiro atoms. The molecule has 0 radical (unpaired) electrons. The van der Waals surface area contributed by atoms with Crippen molar-refractivity contribution in [2.75, 3.05) is 0 Å². The largest absolute Gasteiger partial charge is 0.433 e. The van der Waals surface area contributed by atoms with Crippen molar-refractivity contribution in [2.45, 2.75) is 31.5 Å². The maximum Gasteiger partial charge on any atom is 0.433 e. The molecule has 0 saturated heterocycles. The Morgan fingerprint density at radius 2 is 1.77 bits per heavy atom. The normalized spacial score (nSPS) is 16.0. The number of hydrogen-bond donors (Lipinski definition) is 1. The lowest BCUT2D eigenvalue weighted by molar-refractivity contribution is -0.141. The van der Waals surface area contributed by atoms with Crippen molar-refractivity contribution < 1.29 is 26.7 Å². The topological polar surface area (TPSA) is 67.8 Å². The molecule has 5 nitrogen and oxygen atoms in total. The zero-order chi connectivity index (χ0) is 22.2. The molecule has 4 rings (SSSR count). The second kappa shape index (κ2) is 8.01. The van der Waals surface area contributed by atoms with Crippen LogP contribution in [0.1, 0.15) is 46.2 Å². The minimum absolute atomic E-state index is 0.171. The first-order valence-electron chi connectivity index (χ1n) is 9.38. The minimum Gasteiger partial charge on any atom is -0.345 e. The molecule has 0 bridgehead atoms. The van der Waals surface area contributed by atoms with Crippen LogP contribution in [-0.2, 0) is 12.6 Å². The van der Waals surface area contributed by atoms with Gasteiger partial charge in [-0.15, -0.1) is 0 Å². The Labute approximate surface area is 173 Å². The molecule has 1 aromatic carbocycles. The van der Waals surface area contributed by atoms with Crippen molar-refractivity contribution in [1.82, 2.24) is 20.5 Å². The van der Waals surface area contributed by atoms with E-state index in [9.17, 15) is 26.7 Å². The first-order chi connectivity index (χ1) is 14.7. The van der Waals surface area contributed by atoms with E-state index in [-0.39, 0.29) is 16.8 Å². The van der Waals surface area contributed by atoms with Crippen LogP contribution in [0, 0.1) is 11.6 Å². The van der Waals surface area contributed by atoms with Crippen LogP contribution in [0.3, 0.4) is 0 Å². The molecule has 3 aromatic rings. The number of benzene rings is 1. The zero-order valence-electron chi connectivity index (χ0n) is 15.9. The number of alkyl halides is 3. The van der Waals surface area contributed by atoms with Crippen LogP contribution in [0.25, 0.3) is 11.3 Å². The van der Waals surface area contributed by atoms with Crippen LogP contribution < -0.4 is 5.32 Å². The van der Waals surface area contributed by atoms with E-state index in [1.165, 1.54) is 6.07 Å². The van der Waals surface area contributed by atoms with Gasteiger partial charge in [0.2, 0.25) is 0 Å². The number of hydrogen-bond acceptors (Lipinski definition) is 4. The Morgan fingerprint density at radius 1 is 1.03 bits per heavy atom. The molecule has 1 N–H and O–H groups in total. The minimum atomic E-state index is -4.60. The highest BCUT2D eigenvalue weighted by Gasteiger charge is 2.33. The van der Waals surface area contributed by atoms with E-state index in [1.54, 1.807) is 6.07 Å². The third-order valence-corrected chi connectivity index (χ3v) is 4.96. The molecule has 0 saturated carbocycles. The average molecular weight is 434 g/mol. The number of carbonyl (C=O) groups is 1. The standard InChI is InChI=1S/C21H15F5N4O/c22-13-6-12(7-14(23)9-13)20(31)28-16-2-1-3-17-15(16)10-18(30-29-17)11-4-5-27-19(8-11)21(24,25)26/h4-10,16H,1-3H2,(H,28,31). The Morgan fingerprint density at radius 3 is 2.48 bits per heavy atom. The monoisotopic (exact) mass is 434 g/mol. The highest BCUT2D eigenvalue weighted by atomic mass is 19.4. The van der Waals surface area contributed by atoms with Crippen LogP contribution in [0.2, 0.25) is 0 Å². The van der Waals surface area contributed by atoms with E-state index < -0.39 is 35.5 Å². The molecule has 0 aliphatic heterocycles. The van der Waals surface area contributed by atoms with Gasteiger partial charge >= 0.3 is 6.18 Å². The quantitative estimate of drug-likeness (QED) is 0.610. The Bertz CT molecular complexity index is 1130. The molecule has 10 heteroatoms. The molecule has 1 aliphatic rings. The van der Waals surface area contributed by atoms with Crippen molar-refractivity contribution in [2.24, 2.45) is 0 Å². The van der Waals surface area contributed by atoms with Gasteiger partial charge in [0.25, 0.3) is 5.91 Å². The van der Waals surface area contributed by atoms with Gasteiger partial charge in [-0.05, 0) is 55.2 Å². The SMILES string of the molecule is O=C(NC1CCCc2nnc(-c3ccnc(C(F)(F)F)c3)cc21)c1cc(F)cc(F)c1. The fourth-order valence-electron chi connectivity index (χ4n) is 3.52. The van der Waals surface area contributed by atoms with Gasteiger partial charge in [-0.3, -0.25) is 9.78 Å². The molecule has 160 valence electrons. The van der Waals surface area contributed by atoms with Crippen molar-refractivity contribution in [3.8, 4) is 11.3 Å². The van der Waals surface area contributed by atoms with E-state index in [0.717, 1.165) is 24.4 Å². The summed E-state index contributed by atoms with van der Waals surface area (Å²) in [6, 6.07) is 5.83. The summed E-state index contributed by atoms with van der Waals surface area (Å²) < 4.78 is 65.8. The number of aryl methyl sites for hydroxylation is 1. The number of rotatable bonds is 3. The first kappa shape index (κ1) is 20.8. The third-order valence-electron chi connectivity index (χ3n) is 4.96. The Hall–Kier alpha value is -3.43. The summed E-state index contributed by atoms with van der Waals surface area (Å²) in [5.74, 6) is -2.42. The number of amides is 1. The smallest absolute Gasteiger partial charge is 0.345 e. The highest BCUT2D eigenvalue weighted by molar-refractivity contribution is 5.94. The lowest BCUT2D eigenvalue weighted by Crippen LogP contribution is -2.31. The molecule has 2 aromatic heterocycles. The summed E-state index contributed by atoms with van der Waals surface area (Å²) in [7, 11) is 0. The van der Waals surface area contributed by atoms with E-state index >= 15 is 0 Å². The molecule has 31 heavy (non-hydrogen) atoms.